The number of hydrogen-bond acceptors (Lipinski definition) is 4. The maximum Gasteiger partial charge on any atom is 0.409 e. The van der Waals surface area contributed by atoms with E-state index in [0.29, 0.717) is 51.7 Å². The van der Waals surface area contributed by atoms with E-state index in [4.69, 9.17) is 9.47 Å². The van der Waals surface area contributed by atoms with E-state index in [9.17, 15) is 9.59 Å². The third-order valence-corrected chi connectivity index (χ3v) is 3.76. The summed E-state index contributed by atoms with van der Waals surface area (Å²) in [7, 11) is 0. The lowest BCUT2D eigenvalue weighted by Crippen LogP contribution is -2.51. The summed E-state index contributed by atoms with van der Waals surface area (Å²) in [4.78, 5) is 27.5. The van der Waals surface area contributed by atoms with Crippen molar-refractivity contribution in [2.24, 2.45) is 5.92 Å². The van der Waals surface area contributed by atoms with Gasteiger partial charge in [0, 0.05) is 26.2 Å². The van der Waals surface area contributed by atoms with E-state index in [2.05, 4.69) is 0 Å². The van der Waals surface area contributed by atoms with Gasteiger partial charge in [0.15, 0.2) is 0 Å². The average Bonchev–Trinajstić information content (AvgIpc) is 2.60. The van der Waals surface area contributed by atoms with Gasteiger partial charge in [-0.15, -0.1) is 0 Å². The van der Waals surface area contributed by atoms with Gasteiger partial charge in [0.25, 0.3) is 0 Å². The first-order valence-electron chi connectivity index (χ1n) is 8.43. The minimum Gasteiger partial charge on any atom is -0.493 e. The van der Waals surface area contributed by atoms with Gasteiger partial charge in [-0.2, -0.15) is 0 Å². The molecule has 2 rings (SSSR count). The molecular weight excluding hydrogens is 308 g/mol. The van der Waals surface area contributed by atoms with E-state index >= 15 is 0 Å². The van der Waals surface area contributed by atoms with Crippen molar-refractivity contribution < 1.29 is 19.1 Å². The fraction of sp³-hybridized carbons (Fsp3) is 0.556. The number of hydrogen-bond donors (Lipinski definition) is 0. The zero-order valence-corrected chi connectivity index (χ0v) is 14.4. The van der Waals surface area contributed by atoms with Crippen LogP contribution in [0, 0.1) is 5.92 Å². The Labute approximate surface area is 143 Å². The molecule has 6 heteroatoms. The van der Waals surface area contributed by atoms with Crippen LogP contribution in [-0.2, 0) is 9.53 Å². The van der Waals surface area contributed by atoms with Crippen LogP contribution in [0.3, 0.4) is 0 Å². The third kappa shape index (κ3) is 5.76. The molecule has 0 unspecified atom stereocenters. The molecule has 1 aliphatic rings. The van der Waals surface area contributed by atoms with Crippen molar-refractivity contribution in [3.63, 3.8) is 0 Å². The molecule has 6 nitrogen and oxygen atoms in total. The molecule has 0 radical (unpaired) electrons. The fourth-order valence-electron chi connectivity index (χ4n) is 2.40. The number of carbonyl (C=O) groups is 2. The molecule has 0 spiro atoms. The summed E-state index contributed by atoms with van der Waals surface area (Å²) in [6.45, 7) is 6.91. The number of ether oxygens (including phenoxy) is 2. The van der Waals surface area contributed by atoms with Crippen LogP contribution in [0.5, 0.6) is 5.75 Å². The van der Waals surface area contributed by atoms with Gasteiger partial charge >= 0.3 is 6.09 Å². The molecule has 1 aromatic carbocycles. The number of para-hydroxylation sites is 1. The second kappa shape index (κ2) is 9.15. The molecule has 1 aromatic rings. The SMILES string of the molecule is CC(C)COC(=O)N1CCN(C(=O)CCOc2ccccc2)CC1. The number of rotatable bonds is 6. The first-order valence-corrected chi connectivity index (χ1v) is 8.43. The molecule has 0 N–H and O–H groups in total. The van der Waals surface area contributed by atoms with Crippen molar-refractivity contribution in [1.29, 1.82) is 0 Å². The van der Waals surface area contributed by atoms with Crippen LogP contribution in [-0.4, -0.2) is 61.2 Å². The maximum atomic E-state index is 12.2. The van der Waals surface area contributed by atoms with Gasteiger partial charge in [-0.3, -0.25) is 4.79 Å². The first kappa shape index (κ1) is 18.1. The van der Waals surface area contributed by atoms with Crippen molar-refractivity contribution >= 4 is 12.0 Å². The van der Waals surface area contributed by atoms with E-state index in [-0.39, 0.29) is 12.0 Å². The summed E-state index contributed by atoms with van der Waals surface area (Å²) < 4.78 is 10.8. The molecule has 24 heavy (non-hydrogen) atoms. The summed E-state index contributed by atoms with van der Waals surface area (Å²) >= 11 is 0. The van der Waals surface area contributed by atoms with E-state index in [1.807, 2.05) is 44.2 Å². The van der Waals surface area contributed by atoms with Gasteiger partial charge in [0.05, 0.1) is 19.6 Å². The smallest absolute Gasteiger partial charge is 0.409 e. The number of amides is 2. The highest BCUT2D eigenvalue weighted by molar-refractivity contribution is 5.77. The molecule has 2 amide bonds. The van der Waals surface area contributed by atoms with Crippen molar-refractivity contribution in [3.8, 4) is 5.75 Å². The summed E-state index contributed by atoms with van der Waals surface area (Å²) in [5.74, 6) is 1.14. The van der Waals surface area contributed by atoms with Crippen molar-refractivity contribution in [3.05, 3.63) is 30.3 Å². The van der Waals surface area contributed by atoms with Crippen LogP contribution in [0.15, 0.2) is 30.3 Å². The molecular formula is C18H26N2O4. The fourth-order valence-corrected chi connectivity index (χ4v) is 2.40. The number of benzene rings is 1. The number of carbonyl (C=O) groups excluding carboxylic acids is 2. The number of nitrogens with zero attached hydrogens (tertiary/aromatic N) is 2. The minimum atomic E-state index is -0.289. The van der Waals surface area contributed by atoms with Crippen LogP contribution < -0.4 is 4.74 Å². The number of piperazine rings is 1. The van der Waals surface area contributed by atoms with E-state index < -0.39 is 0 Å². The lowest BCUT2D eigenvalue weighted by atomic mass is 10.2. The second-order valence-electron chi connectivity index (χ2n) is 6.25. The Balaban J connectivity index is 1.66. The first-order chi connectivity index (χ1) is 11.6. The lowest BCUT2D eigenvalue weighted by Gasteiger charge is -2.34. The predicted molar refractivity (Wildman–Crippen MR) is 90.9 cm³/mol. The topological polar surface area (TPSA) is 59.1 Å². The molecule has 1 aliphatic heterocycles. The Kier molecular flexibility index (Phi) is 6.90. The Morgan fingerprint density at radius 2 is 1.67 bits per heavy atom. The normalized spacial score (nSPS) is 14.6. The maximum absolute atomic E-state index is 12.2. The second-order valence-corrected chi connectivity index (χ2v) is 6.25. The summed E-state index contributed by atoms with van der Waals surface area (Å²) in [5, 5.41) is 0. The lowest BCUT2D eigenvalue weighted by molar-refractivity contribution is -0.133. The van der Waals surface area contributed by atoms with Gasteiger partial charge in [-0.05, 0) is 18.1 Å². The largest absolute Gasteiger partial charge is 0.493 e. The van der Waals surface area contributed by atoms with Crippen LogP contribution in [0.4, 0.5) is 4.79 Å². The summed E-state index contributed by atoms with van der Waals surface area (Å²) in [5.41, 5.74) is 0. The van der Waals surface area contributed by atoms with E-state index in [0.717, 1.165) is 5.75 Å². The highest BCUT2D eigenvalue weighted by Gasteiger charge is 2.24. The standard InChI is InChI=1S/C18H26N2O4/c1-15(2)14-24-18(22)20-11-9-19(10-12-20)17(21)8-13-23-16-6-4-3-5-7-16/h3-7,15H,8-14H2,1-2H3. The average molecular weight is 334 g/mol. The molecule has 1 heterocycles. The van der Waals surface area contributed by atoms with Gasteiger partial charge in [-0.25, -0.2) is 4.79 Å². The highest BCUT2D eigenvalue weighted by atomic mass is 16.6. The van der Waals surface area contributed by atoms with Crippen LogP contribution >= 0.6 is 0 Å². The minimum absolute atomic E-state index is 0.0566. The Morgan fingerprint density at radius 3 is 2.29 bits per heavy atom. The predicted octanol–water partition coefficient (Wildman–Crippen LogP) is 2.39. The third-order valence-electron chi connectivity index (χ3n) is 3.76. The van der Waals surface area contributed by atoms with Crippen molar-refractivity contribution in [2.45, 2.75) is 20.3 Å². The van der Waals surface area contributed by atoms with E-state index in [1.54, 1.807) is 9.80 Å². The van der Waals surface area contributed by atoms with Gasteiger partial charge < -0.3 is 19.3 Å². The molecule has 0 aliphatic carbocycles. The quantitative estimate of drug-likeness (QED) is 0.801. The molecule has 0 atom stereocenters. The van der Waals surface area contributed by atoms with Crippen LogP contribution in [0.2, 0.25) is 0 Å². The molecule has 0 bridgehead atoms. The molecule has 1 saturated heterocycles. The van der Waals surface area contributed by atoms with Crippen molar-refractivity contribution in [2.75, 3.05) is 39.4 Å². The summed E-state index contributed by atoms with van der Waals surface area (Å²) in [6.07, 6.45) is 0.0513. The Morgan fingerprint density at radius 1 is 1.04 bits per heavy atom. The Bertz CT molecular complexity index is 525. The summed E-state index contributed by atoms with van der Waals surface area (Å²) in [6, 6.07) is 9.45. The molecule has 1 fully saturated rings. The van der Waals surface area contributed by atoms with Gasteiger partial charge in [0.2, 0.25) is 5.91 Å². The van der Waals surface area contributed by atoms with Crippen LogP contribution in [0.1, 0.15) is 20.3 Å². The van der Waals surface area contributed by atoms with Crippen molar-refractivity contribution in [1.82, 2.24) is 9.80 Å². The van der Waals surface area contributed by atoms with Gasteiger partial charge in [0.1, 0.15) is 5.75 Å². The molecule has 132 valence electrons. The highest BCUT2D eigenvalue weighted by Crippen LogP contribution is 2.10. The Hall–Kier alpha value is -2.24. The van der Waals surface area contributed by atoms with Gasteiger partial charge in [-0.1, -0.05) is 32.0 Å². The molecule has 0 aromatic heterocycles. The monoisotopic (exact) mass is 334 g/mol. The zero-order valence-electron chi connectivity index (χ0n) is 14.4. The van der Waals surface area contributed by atoms with E-state index in [1.165, 1.54) is 0 Å². The van der Waals surface area contributed by atoms with Crippen LogP contribution in [0.25, 0.3) is 0 Å². The zero-order chi connectivity index (χ0) is 17.4. The molecule has 0 saturated carbocycles.